The van der Waals surface area contributed by atoms with Crippen LogP contribution in [0.4, 0.5) is 36.1 Å². The van der Waals surface area contributed by atoms with Crippen LogP contribution in [0.2, 0.25) is 0 Å². The summed E-state index contributed by atoms with van der Waals surface area (Å²) in [6.45, 7) is 5.79. The Hall–Kier alpha value is -5.16. The van der Waals surface area contributed by atoms with Crippen molar-refractivity contribution in [3.8, 4) is 11.1 Å². The highest BCUT2D eigenvalue weighted by atomic mass is 19.4. The Morgan fingerprint density at radius 3 is 2.37 bits per heavy atom. The van der Waals surface area contributed by atoms with E-state index in [4.69, 9.17) is 0 Å². The van der Waals surface area contributed by atoms with Gasteiger partial charge in [-0.15, -0.1) is 0 Å². The van der Waals surface area contributed by atoms with Crippen LogP contribution in [0.5, 0.6) is 0 Å². The summed E-state index contributed by atoms with van der Waals surface area (Å²) in [5.74, 6) is -0.0909. The molecule has 0 unspecified atom stereocenters. The molecule has 6 rings (SSSR count). The summed E-state index contributed by atoms with van der Waals surface area (Å²) in [5, 5.41) is 6.78. The van der Waals surface area contributed by atoms with Crippen LogP contribution in [0.25, 0.3) is 22.0 Å². The third kappa shape index (κ3) is 6.45. The van der Waals surface area contributed by atoms with Gasteiger partial charge in [0.1, 0.15) is 5.82 Å². The lowest BCUT2D eigenvalue weighted by atomic mass is 9.99. The first-order valence-corrected chi connectivity index (χ1v) is 14.9. The first-order chi connectivity index (χ1) is 22.0. The van der Waals surface area contributed by atoms with Gasteiger partial charge in [-0.3, -0.25) is 9.59 Å². The second kappa shape index (κ2) is 12.3. The number of likely N-dealkylation sites (N-methyl/N-ethyl adjacent to an activating group) is 1. The van der Waals surface area contributed by atoms with Crippen molar-refractivity contribution in [2.24, 2.45) is 7.05 Å². The maximum Gasteiger partial charge on any atom is 0.416 e. The molecule has 0 radical (unpaired) electrons. The molecule has 5 aromatic rings. The molecule has 0 bridgehead atoms. The highest BCUT2D eigenvalue weighted by molar-refractivity contribution is 6.04. The van der Waals surface area contributed by atoms with Crippen molar-refractivity contribution in [3.63, 3.8) is 0 Å². The minimum absolute atomic E-state index is 0.125. The van der Waals surface area contributed by atoms with Crippen molar-refractivity contribution in [3.05, 3.63) is 112 Å². The molecular weight excluding hydrogens is 593 g/mol. The molecule has 0 spiro atoms. The molecular formula is C35H33F3N6O2. The highest BCUT2D eigenvalue weighted by Crippen LogP contribution is 2.31. The van der Waals surface area contributed by atoms with Gasteiger partial charge in [0.2, 0.25) is 0 Å². The Kier molecular flexibility index (Phi) is 8.26. The van der Waals surface area contributed by atoms with E-state index in [1.165, 1.54) is 12.1 Å². The van der Waals surface area contributed by atoms with Crippen LogP contribution in [0.3, 0.4) is 0 Å². The fraction of sp³-hybridized carbons (Fsp3) is 0.229. The number of pyridine rings is 2. The molecule has 2 aromatic heterocycles. The molecule has 1 amide bonds. The number of aromatic nitrogens is 2. The number of anilines is 4. The highest BCUT2D eigenvalue weighted by Gasteiger charge is 2.31. The Balaban J connectivity index is 1.26. The molecule has 3 aromatic carbocycles. The molecule has 0 atom stereocenters. The van der Waals surface area contributed by atoms with Gasteiger partial charge in [-0.25, -0.2) is 4.98 Å². The molecule has 236 valence electrons. The summed E-state index contributed by atoms with van der Waals surface area (Å²) < 4.78 is 41.0. The van der Waals surface area contributed by atoms with Crippen molar-refractivity contribution < 1.29 is 18.0 Å². The molecule has 1 saturated heterocycles. The summed E-state index contributed by atoms with van der Waals surface area (Å²) in [5.41, 5.74) is 3.58. The second-order valence-corrected chi connectivity index (χ2v) is 11.6. The fourth-order valence-electron chi connectivity index (χ4n) is 5.65. The fourth-order valence-corrected chi connectivity index (χ4v) is 5.65. The molecule has 1 aliphatic rings. The molecule has 0 aliphatic carbocycles. The third-order valence-corrected chi connectivity index (χ3v) is 8.33. The number of carbonyl (C=O) groups excluding carboxylic acids is 1. The van der Waals surface area contributed by atoms with Crippen LogP contribution in [0, 0.1) is 6.92 Å². The summed E-state index contributed by atoms with van der Waals surface area (Å²) in [6.07, 6.45) is -2.86. The van der Waals surface area contributed by atoms with Gasteiger partial charge in [0.05, 0.1) is 11.1 Å². The number of halogens is 3. The summed E-state index contributed by atoms with van der Waals surface area (Å²) in [7, 11) is 3.82. The van der Waals surface area contributed by atoms with Crippen LogP contribution in [-0.2, 0) is 13.2 Å². The number of nitrogens with one attached hydrogen (secondary N) is 2. The van der Waals surface area contributed by atoms with Crippen LogP contribution in [0.1, 0.15) is 21.5 Å². The van der Waals surface area contributed by atoms with Crippen molar-refractivity contribution >= 4 is 39.7 Å². The number of benzene rings is 3. The monoisotopic (exact) mass is 626 g/mol. The van der Waals surface area contributed by atoms with E-state index in [1.807, 2.05) is 25.1 Å². The second-order valence-electron chi connectivity index (χ2n) is 11.6. The predicted octanol–water partition coefficient (Wildman–Crippen LogP) is 6.68. The first-order valence-electron chi connectivity index (χ1n) is 14.9. The van der Waals surface area contributed by atoms with Gasteiger partial charge in [0.15, 0.2) is 0 Å². The van der Waals surface area contributed by atoms with E-state index < -0.39 is 17.6 Å². The standard InChI is InChI=1S/C35H33F3N6O2/c1-22-10-11-27(41-33(45)23-6-4-7-25(16-23)35(36,37)38)19-29(22)30-17-24-21-39-32(20-31(24)43(3)34(30)46)40-26-8-5-9-28(18-26)44-14-12-42(2)13-15-44/h4-11,16-21H,12-15H2,1-3H3,(H,39,40)(H,41,45). The quantitative estimate of drug-likeness (QED) is 0.219. The van der Waals surface area contributed by atoms with Crippen molar-refractivity contribution in [1.82, 2.24) is 14.5 Å². The molecule has 46 heavy (non-hydrogen) atoms. The Bertz CT molecular complexity index is 2000. The zero-order valence-corrected chi connectivity index (χ0v) is 25.7. The van der Waals surface area contributed by atoms with Gasteiger partial charge in [0.25, 0.3) is 11.5 Å². The number of aryl methyl sites for hydroxylation is 2. The SMILES string of the molecule is Cc1ccc(NC(=O)c2cccc(C(F)(F)F)c2)cc1-c1cc2cnc(Nc3cccc(N4CCN(C)CC4)c3)cc2n(C)c1=O. The van der Waals surface area contributed by atoms with Crippen LogP contribution < -0.4 is 21.1 Å². The maximum absolute atomic E-state index is 13.7. The lowest BCUT2D eigenvalue weighted by Gasteiger charge is -2.34. The molecule has 1 fully saturated rings. The largest absolute Gasteiger partial charge is 0.416 e. The predicted molar refractivity (Wildman–Crippen MR) is 176 cm³/mol. The number of carbonyl (C=O) groups is 1. The summed E-state index contributed by atoms with van der Waals surface area (Å²) in [4.78, 5) is 35.8. The average molecular weight is 627 g/mol. The number of alkyl halides is 3. The minimum atomic E-state index is -4.56. The number of hydrogen-bond acceptors (Lipinski definition) is 6. The van der Waals surface area contributed by atoms with Gasteiger partial charge in [-0.05, 0) is 79.7 Å². The molecule has 8 nitrogen and oxygen atoms in total. The van der Waals surface area contributed by atoms with Crippen LogP contribution >= 0.6 is 0 Å². The van der Waals surface area contributed by atoms with Gasteiger partial charge < -0.3 is 25.0 Å². The number of fused-ring (bicyclic) bond motifs is 1. The third-order valence-electron chi connectivity index (χ3n) is 8.33. The molecule has 0 saturated carbocycles. The van der Waals surface area contributed by atoms with Crippen molar-refractivity contribution in [2.75, 3.05) is 48.8 Å². The van der Waals surface area contributed by atoms with Gasteiger partial charge in [0, 0.05) is 79.1 Å². The zero-order valence-electron chi connectivity index (χ0n) is 25.7. The normalized spacial score (nSPS) is 14.0. The smallest absolute Gasteiger partial charge is 0.369 e. The van der Waals surface area contributed by atoms with Crippen molar-refractivity contribution in [1.29, 1.82) is 0 Å². The van der Waals surface area contributed by atoms with E-state index in [9.17, 15) is 22.8 Å². The summed E-state index contributed by atoms with van der Waals surface area (Å²) >= 11 is 0. The topological polar surface area (TPSA) is 82.5 Å². The lowest BCUT2D eigenvalue weighted by molar-refractivity contribution is -0.137. The number of piperazine rings is 1. The zero-order chi connectivity index (χ0) is 32.6. The van der Waals surface area contributed by atoms with E-state index in [0.29, 0.717) is 28.1 Å². The maximum atomic E-state index is 13.7. The lowest BCUT2D eigenvalue weighted by Crippen LogP contribution is -2.44. The van der Waals surface area contributed by atoms with Gasteiger partial charge in [-0.1, -0.05) is 18.2 Å². The molecule has 3 heterocycles. The summed E-state index contributed by atoms with van der Waals surface area (Å²) in [6, 6.07) is 21.1. The Morgan fingerprint density at radius 2 is 1.61 bits per heavy atom. The van der Waals surface area contributed by atoms with E-state index in [2.05, 4.69) is 44.6 Å². The van der Waals surface area contributed by atoms with Crippen LogP contribution in [0.15, 0.2) is 89.9 Å². The van der Waals surface area contributed by atoms with E-state index in [-0.39, 0.29) is 11.1 Å². The van der Waals surface area contributed by atoms with Crippen molar-refractivity contribution in [2.45, 2.75) is 13.1 Å². The van der Waals surface area contributed by atoms with E-state index >= 15 is 0 Å². The molecule has 11 heteroatoms. The van der Waals surface area contributed by atoms with E-state index in [0.717, 1.165) is 60.6 Å². The van der Waals surface area contributed by atoms with Gasteiger partial charge in [-0.2, -0.15) is 13.2 Å². The molecule has 2 N–H and O–H groups in total. The van der Waals surface area contributed by atoms with Crippen LogP contribution in [-0.4, -0.2) is 53.6 Å². The number of amides is 1. The molecule has 1 aliphatic heterocycles. The average Bonchev–Trinajstić information content (AvgIpc) is 3.04. The number of nitrogens with zero attached hydrogens (tertiary/aromatic N) is 4. The first kappa shape index (κ1) is 30.8. The minimum Gasteiger partial charge on any atom is -0.369 e. The van der Waals surface area contributed by atoms with Gasteiger partial charge >= 0.3 is 6.18 Å². The Labute approximate surface area is 264 Å². The number of hydrogen-bond donors (Lipinski definition) is 2. The Morgan fingerprint density at radius 1 is 0.848 bits per heavy atom. The number of rotatable bonds is 6. The van der Waals surface area contributed by atoms with E-state index in [1.54, 1.807) is 42.1 Å².